The molecule has 1 unspecified atom stereocenters. The van der Waals surface area contributed by atoms with E-state index in [4.69, 9.17) is 9.84 Å². The molecule has 0 spiro atoms. The van der Waals surface area contributed by atoms with Crippen LogP contribution >= 0.6 is 0 Å². The summed E-state index contributed by atoms with van der Waals surface area (Å²) >= 11 is 0. The fourth-order valence-electron chi connectivity index (χ4n) is 4.39. The highest BCUT2D eigenvalue weighted by atomic mass is 16.5. The van der Waals surface area contributed by atoms with Gasteiger partial charge < -0.3 is 20.5 Å². The average Bonchev–Trinajstić information content (AvgIpc) is 3.45. The SMILES string of the molecule is CC1(CCNC(=O)C(CCC(=O)O)NC(=O)OCC2c3ccccc3-c3ccccc32)CC1. The molecule has 3 N–H and O–H groups in total. The van der Waals surface area contributed by atoms with Crippen LogP contribution in [0.4, 0.5) is 4.79 Å². The van der Waals surface area contributed by atoms with Crippen molar-refractivity contribution in [3.05, 3.63) is 59.7 Å². The Kier molecular flexibility index (Phi) is 6.67. The number of fused-ring (bicyclic) bond motifs is 3. The molecule has 0 saturated heterocycles. The lowest BCUT2D eigenvalue weighted by Crippen LogP contribution is -2.47. The molecule has 2 aromatic rings. The summed E-state index contributed by atoms with van der Waals surface area (Å²) in [5.74, 6) is -1.49. The van der Waals surface area contributed by atoms with E-state index in [9.17, 15) is 14.4 Å². The Morgan fingerprint density at radius 1 is 1.06 bits per heavy atom. The maximum absolute atomic E-state index is 12.6. The number of rotatable bonds is 10. The van der Waals surface area contributed by atoms with Crippen molar-refractivity contribution in [2.75, 3.05) is 13.2 Å². The van der Waals surface area contributed by atoms with E-state index in [1.165, 1.54) is 0 Å². The number of amides is 2. The molecule has 1 atom stereocenters. The minimum atomic E-state index is -1.02. The normalized spacial score (nSPS) is 16.3. The van der Waals surface area contributed by atoms with Crippen molar-refractivity contribution in [3.63, 3.8) is 0 Å². The Morgan fingerprint density at radius 2 is 1.67 bits per heavy atom. The fraction of sp³-hybridized carbons (Fsp3) is 0.423. The van der Waals surface area contributed by atoms with Crippen molar-refractivity contribution in [2.24, 2.45) is 5.41 Å². The fourth-order valence-corrected chi connectivity index (χ4v) is 4.39. The summed E-state index contributed by atoms with van der Waals surface area (Å²) in [4.78, 5) is 36.2. The summed E-state index contributed by atoms with van der Waals surface area (Å²) in [5, 5.41) is 14.4. The van der Waals surface area contributed by atoms with Gasteiger partial charge in [-0.15, -0.1) is 0 Å². The lowest BCUT2D eigenvalue weighted by Gasteiger charge is -2.20. The van der Waals surface area contributed by atoms with Crippen molar-refractivity contribution in [1.29, 1.82) is 0 Å². The molecule has 1 fully saturated rings. The van der Waals surface area contributed by atoms with Crippen LogP contribution in [-0.4, -0.2) is 42.3 Å². The van der Waals surface area contributed by atoms with Gasteiger partial charge in [-0.05, 0) is 53.4 Å². The largest absolute Gasteiger partial charge is 0.481 e. The molecule has 0 heterocycles. The Labute approximate surface area is 193 Å². The molecule has 174 valence electrons. The third kappa shape index (κ3) is 5.53. The Morgan fingerprint density at radius 3 is 2.24 bits per heavy atom. The molecule has 0 aromatic heterocycles. The molecule has 0 radical (unpaired) electrons. The number of hydrogen-bond donors (Lipinski definition) is 3. The second-order valence-corrected chi connectivity index (χ2v) is 9.31. The predicted octanol–water partition coefficient (Wildman–Crippen LogP) is 4.06. The van der Waals surface area contributed by atoms with Crippen LogP contribution in [0.5, 0.6) is 0 Å². The zero-order valence-electron chi connectivity index (χ0n) is 18.8. The lowest BCUT2D eigenvalue weighted by atomic mass is 9.98. The van der Waals surface area contributed by atoms with Crippen LogP contribution in [0.1, 0.15) is 56.1 Å². The van der Waals surface area contributed by atoms with Gasteiger partial charge in [0.15, 0.2) is 0 Å². The highest BCUT2D eigenvalue weighted by molar-refractivity contribution is 5.86. The summed E-state index contributed by atoms with van der Waals surface area (Å²) in [6.45, 7) is 2.81. The van der Waals surface area contributed by atoms with Crippen LogP contribution in [0.2, 0.25) is 0 Å². The summed E-state index contributed by atoms with van der Waals surface area (Å²) in [5.41, 5.74) is 4.75. The number of ether oxygens (including phenoxy) is 1. The van der Waals surface area contributed by atoms with Gasteiger partial charge >= 0.3 is 12.1 Å². The molecule has 0 aliphatic heterocycles. The number of nitrogens with one attached hydrogen (secondary N) is 2. The van der Waals surface area contributed by atoms with Crippen molar-refractivity contribution >= 4 is 18.0 Å². The topological polar surface area (TPSA) is 105 Å². The van der Waals surface area contributed by atoms with Crippen LogP contribution < -0.4 is 10.6 Å². The van der Waals surface area contributed by atoms with Crippen molar-refractivity contribution in [1.82, 2.24) is 10.6 Å². The molecule has 7 nitrogen and oxygen atoms in total. The summed E-state index contributed by atoms with van der Waals surface area (Å²) in [7, 11) is 0. The molecule has 0 bridgehead atoms. The first-order valence-corrected chi connectivity index (χ1v) is 11.5. The molecular formula is C26H30N2O5. The van der Waals surface area contributed by atoms with Crippen molar-refractivity contribution in [3.8, 4) is 11.1 Å². The number of benzene rings is 2. The van der Waals surface area contributed by atoms with Gasteiger partial charge in [-0.25, -0.2) is 4.79 Å². The zero-order valence-corrected chi connectivity index (χ0v) is 18.8. The first-order valence-electron chi connectivity index (χ1n) is 11.5. The maximum Gasteiger partial charge on any atom is 0.407 e. The monoisotopic (exact) mass is 450 g/mol. The number of carbonyl (C=O) groups excluding carboxylic acids is 2. The van der Waals surface area contributed by atoms with Crippen LogP contribution in [0.15, 0.2) is 48.5 Å². The number of carboxylic acid groups (broad SMARTS) is 1. The smallest absolute Gasteiger partial charge is 0.407 e. The summed E-state index contributed by atoms with van der Waals surface area (Å²) in [6.07, 6.45) is 2.24. The number of hydrogen-bond acceptors (Lipinski definition) is 4. The van der Waals surface area contributed by atoms with Crippen LogP contribution in [0.25, 0.3) is 11.1 Å². The maximum atomic E-state index is 12.6. The third-order valence-corrected chi connectivity index (χ3v) is 6.73. The van der Waals surface area contributed by atoms with E-state index in [2.05, 4.69) is 29.7 Å². The Hall–Kier alpha value is -3.35. The number of alkyl carbamates (subject to hydrolysis) is 1. The second kappa shape index (κ2) is 9.65. The van der Waals surface area contributed by atoms with Gasteiger partial charge in [0.05, 0.1) is 0 Å². The standard InChI is InChI=1S/C26H30N2O5/c1-26(12-13-26)14-15-27-24(31)22(10-11-23(29)30)28-25(32)33-16-21-19-8-4-2-6-17(19)18-7-3-5-9-20(18)21/h2-9,21-22H,10-16H2,1H3,(H,27,31)(H,28,32)(H,29,30). The van der Waals surface area contributed by atoms with E-state index in [1.807, 2.05) is 36.4 Å². The lowest BCUT2D eigenvalue weighted by molar-refractivity contribution is -0.137. The first kappa shape index (κ1) is 22.8. The van der Waals surface area contributed by atoms with E-state index < -0.39 is 18.1 Å². The molecule has 2 aliphatic rings. The second-order valence-electron chi connectivity index (χ2n) is 9.31. The van der Waals surface area contributed by atoms with E-state index >= 15 is 0 Å². The summed E-state index contributed by atoms with van der Waals surface area (Å²) in [6, 6.07) is 15.1. The molecule has 4 rings (SSSR count). The van der Waals surface area contributed by atoms with Gasteiger partial charge in [0.25, 0.3) is 0 Å². The molecule has 2 aromatic carbocycles. The quantitative estimate of drug-likeness (QED) is 0.506. The molecule has 1 saturated carbocycles. The van der Waals surface area contributed by atoms with Crippen LogP contribution in [0, 0.1) is 5.41 Å². The number of carboxylic acids is 1. The predicted molar refractivity (Wildman–Crippen MR) is 124 cm³/mol. The van der Waals surface area contributed by atoms with E-state index in [1.54, 1.807) is 0 Å². The number of carbonyl (C=O) groups is 3. The van der Waals surface area contributed by atoms with Gasteiger partial charge in [-0.1, -0.05) is 55.5 Å². The third-order valence-electron chi connectivity index (χ3n) is 6.73. The van der Waals surface area contributed by atoms with Crippen LogP contribution in [0.3, 0.4) is 0 Å². The first-order chi connectivity index (χ1) is 15.9. The van der Waals surface area contributed by atoms with Crippen LogP contribution in [-0.2, 0) is 14.3 Å². The molecule has 33 heavy (non-hydrogen) atoms. The number of aliphatic carboxylic acids is 1. The highest BCUT2D eigenvalue weighted by Gasteiger charge is 2.36. The Bertz CT molecular complexity index is 1000. The minimum Gasteiger partial charge on any atom is -0.481 e. The van der Waals surface area contributed by atoms with Crippen molar-refractivity contribution < 1.29 is 24.2 Å². The van der Waals surface area contributed by atoms with Gasteiger partial charge in [0.1, 0.15) is 12.6 Å². The van der Waals surface area contributed by atoms with E-state index in [-0.39, 0.29) is 31.3 Å². The zero-order chi connectivity index (χ0) is 23.4. The summed E-state index contributed by atoms with van der Waals surface area (Å²) < 4.78 is 5.52. The molecule has 2 aliphatic carbocycles. The Balaban J connectivity index is 1.36. The van der Waals surface area contributed by atoms with E-state index in [0.29, 0.717) is 12.0 Å². The molecule has 2 amide bonds. The van der Waals surface area contributed by atoms with E-state index in [0.717, 1.165) is 41.5 Å². The minimum absolute atomic E-state index is 0.00261. The highest BCUT2D eigenvalue weighted by Crippen LogP contribution is 2.47. The van der Waals surface area contributed by atoms with Gasteiger partial charge in [-0.2, -0.15) is 0 Å². The van der Waals surface area contributed by atoms with Gasteiger partial charge in [0.2, 0.25) is 5.91 Å². The van der Waals surface area contributed by atoms with Gasteiger partial charge in [0, 0.05) is 18.9 Å². The average molecular weight is 451 g/mol. The van der Waals surface area contributed by atoms with Crippen molar-refractivity contribution in [2.45, 2.75) is 51.0 Å². The molecule has 7 heteroatoms. The van der Waals surface area contributed by atoms with Gasteiger partial charge in [-0.3, -0.25) is 9.59 Å². The molecular weight excluding hydrogens is 420 g/mol.